The van der Waals surface area contributed by atoms with Crippen molar-refractivity contribution in [3.63, 3.8) is 0 Å². The second-order valence-electron chi connectivity index (χ2n) is 3.28. The minimum atomic E-state index is -0.600. The normalized spacial score (nSPS) is 13.4. The lowest BCUT2D eigenvalue weighted by Crippen LogP contribution is -2.01. The van der Waals surface area contributed by atoms with Gasteiger partial charge in [-0.05, 0) is 27.4 Å². The van der Waals surface area contributed by atoms with Crippen LogP contribution in [0, 0.1) is 0 Å². The Morgan fingerprint density at radius 3 is 3.12 bits per heavy atom. The van der Waals surface area contributed by atoms with E-state index in [1.807, 2.05) is 21.9 Å². The van der Waals surface area contributed by atoms with Gasteiger partial charge in [0.25, 0.3) is 0 Å². The van der Waals surface area contributed by atoms with E-state index in [0.29, 0.717) is 0 Å². The van der Waals surface area contributed by atoms with E-state index in [-0.39, 0.29) is 0 Å². The number of halogens is 1. The van der Waals surface area contributed by atoms with Gasteiger partial charge in [-0.15, -0.1) is 22.7 Å². The van der Waals surface area contributed by atoms with Gasteiger partial charge in [-0.1, -0.05) is 6.07 Å². The van der Waals surface area contributed by atoms with Gasteiger partial charge in [0.1, 0.15) is 17.3 Å². The summed E-state index contributed by atoms with van der Waals surface area (Å²) in [5.74, 6) is 0. The molecule has 3 aromatic heterocycles. The lowest BCUT2D eigenvalue weighted by atomic mass is 10.2. The summed E-state index contributed by atoms with van der Waals surface area (Å²) < 4.78 is 2.87. The lowest BCUT2D eigenvalue weighted by molar-refractivity contribution is 0.217. The van der Waals surface area contributed by atoms with E-state index in [1.54, 1.807) is 35.2 Å². The SMILES string of the molecule is OC(c1cccs1)c1c(Br)sc2cncn12. The van der Waals surface area contributed by atoms with Gasteiger partial charge in [-0.2, -0.15) is 0 Å². The summed E-state index contributed by atoms with van der Waals surface area (Å²) >= 11 is 6.61. The fraction of sp³-hybridized carbons (Fsp3) is 0.100. The summed E-state index contributed by atoms with van der Waals surface area (Å²) in [5.41, 5.74) is 0.847. The minimum Gasteiger partial charge on any atom is -0.381 e. The molecular weight excluding hydrogens is 308 g/mol. The Hall–Kier alpha value is -0.690. The molecule has 1 atom stereocenters. The summed E-state index contributed by atoms with van der Waals surface area (Å²) in [6.45, 7) is 0. The van der Waals surface area contributed by atoms with Crippen LogP contribution in [-0.4, -0.2) is 14.5 Å². The molecule has 0 bridgehead atoms. The summed E-state index contributed by atoms with van der Waals surface area (Å²) in [6, 6.07) is 3.87. The number of thiazole rings is 1. The van der Waals surface area contributed by atoms with E-state index in [1.165, 1.54) is 0 Å². The monoisotopic (exact) mass is 314 g/mol. The Labute approximate surface area is 108 Å². The largest absolute Gasteiger partial charge is 0.381 e. The standard InChI is InChI=1S/C10H7BrN2OS2/c11-10-8(9(14)6-2-1-3-15-6)13-5-12-4-7(13)16-10/h1-5,9,14H. The third kappa shape index (κ3) is 1.53. The van der Waals surface area contributed by atoms with Gasteiger partial charge < -0.3 is 5.11 Å². The molecule has 16 heavy (non-hydrogen) atoms. The van der Waals surface area contributed by atoms with E-state index in [0.717, 1.165) is 19.2 Å². The van der Waals surface area contributed by atoms with Gasteiger partial charge >= 0.3 is 0 Å². The van der Waals surface area contributed by atoms with E-state index < -0.39 is 6.10 Å². The van der Waals surface area contributed by atoms with Crippen LogP contribution >= 0.6 is 38.6 Å². The number of hydrogen-bond acceptors (Lipinski definition) is 4. The topological polar surface area (TPSA) is 37.5 Å². The number of aliphatic hydroxyl groups excluding tert-OH is 1. The van der Waals surface area contributed by atoms with Crippen molar-refractivity contribution in [3.8, 4) is 0 Å². The molecule has 0 aromatic carbocycles. The van der Waals surface area contributed by atoms with Crippen LogP contribution in [-0.2, 0) is 0 Å². The van der Waals surface area contributed by atoms with Crippen molar-refractivity contribution < 1.29 is 5.11 Å². The van der Waals surface area contributed by atoms with Crippen molar-refractivity contribution in [2.75, 3.05) is 0 Å². The molecule has 0 aliphatic heterocycles. The first-order valence-corrected chi connectivity index (χ1v) is 7.08. The van der Waals surface area contributed by atoms with Crippen molar-refractivity contribution in [1.29, 1.82) is 0 Å². The van der Waals surface area contributed by atoms with Crippen LogP contribution in [0.4, 0.5) is 0 Å². The molecular formula is C10H7BrN2OS2. The highest BCUT2D eigenvalue weighted by Gasteiger charge is 2.20. The predicted molar refractivity (Wildman–Crippen MR) is 69.1 cm³/mol. The molecule has 0 spiro atoms. The Morgan fingerprint density at radius 2 is 2.38 bits per heavy atom. The fourth-order valence-electron chi connectivity index (χ4n) is 1.60. The lowest BCUT2D eigenvalue weighted by Gasteiger charge is -2.08. The van der Waals surface area contributed by atoms with Gasteiger partial charge in [-0.25, -0.2) is 4.98 Å². The van der Waals surface area contributed by atoms with Crippen molar-refractivity contribution in [1.82, 2.24) is 9.38 Å². The number of aliphatic hydroxyl groups is 1. The molecule has 3 rings (SSSR count). The number of aromatic nitrogens is 2. The maximum atomic E-state index is 10.3. The first kappa shape index (κ1) is 10.5. The van der Waals surface area contributed by atoms with Crippen molar-refractivity contribution in [2.24, 2.45) is 0 Å². The number of nitrogens with zero attached hydrogens (tertiary/aromatic N) is 2. The Bertz CT molecular complexity index is 614. The number of fused-ring (bicyclic) bond motifs is 1. The molecule has 3 nitrogen and oxygen atoms in total. The van der Waals surface area contributed by atoms with E-state index in [9.17, 15) is 5.11 Å². The zero-order valence-corrected chi connectivity index (χ0v) is 11.2. The Kier molecular flexibility index (Phi) is 2.59. The quantitative estimate of drug-likeness (QED) is 0.788. The van der Waals surface area contributed by atoms with Crippen LogP contribution in [0.2, 0.25) is 0 Å². The molecule has 0 aliphatic rings. The first-order chi connectivity index (χ1) is 7.77. The van der Waals surface area contributed by atoms with Gasteiger partial charge in [0.2, 0.25) is 0 Å². The van der Waals surface area contributed by atoms with E-state index >= 15 is 0 Å². The highest BCUT2D eigenvalue weighted by atomic mass is 79.9. The average Bonchev–Trinajstić information content (AvgIpc) is 2.89. The number of rotatable bonds is 2. The molecule has 6 heteroatoms. The zero-order chi connectivity index (χ0) is 11.1. The third-order valence-corrected chi connectivity index (χ3v) is 5.05. The second kappa shape index (κ2) is 3.96. The van der Waals surface area contributed by atoms with Crippen LogP contribution in [0.25, 0.3) is 4.83 Å². The highest BCUT2D eigenvalue weighted by molar-refractivity contribution is 9.11. The van der Waals surface area contributed by atoms with Gasteiger partial charge in [-0.3, -0.25) is 4.40 Å². The summed E-state index contributed by atoms with van der Waals surface area (Å²) in [7, 11) is 0. The molecule has 3 heterocycles. The van der Waals surface area contributed by atoms with Crippen LogP contribution in [0.5, 0.6) is 0 Å². The molecule has 0 radical (unpaired) electrons. The molecule has 0 fully saturated rings. The Balaban J connectivity index is 2.17. The van der Waals surface area contributed by atoms with Gasteiger partial charge in [0, 0.05) is 4.88 Å². The molecule has 0 saturated heterocycles. The van der Waals surface area contributed by atoms with E-state index in [2.05, 4.69) is 20.9 Å². The molecule has 0 saturated carbocycles. The van der Waals surface area contributed by atoms with Crippen LogP contribution in [0.15, 0.2) is 33.8 Å². The molecule has 0 aliphatic carbocycles. The fourth-order valence-corrected chi connectivity index (χ4v) is 4.07. The van der Waals surface area contributed by atoms with Crippen LogP contribution in [0.1, 0.15) is 16.7 Å². The second-order valence-corrected chi connectivity index (χ2v) is 6.61. The maximum Gasteiger partial charge on any atom is 0.130 e. The zero-order valence-electron chi connectivity index (χ0n) is 8.00. The van der Waals surface area contributed by atoms with Crippen LogP contribution < -0.4 is 0 Å². The summed E-state index contributed by atoms with van der Waals surface area (Å²) in [5, 5.41) is 12.3. The number of imidazole rings is 1. The average molecular weight is 315 g/mol. The van der Waals surface area contributed by atoms with Gasteiger partial charge in [0.05, 0.1) is 15.7 Å². The maximum absolute atomic E-state index is 10.3. The minimum absolute atomic E-state index is 0.600. The third-order valence-electron chi connectivity index (χ3n) is 2.33. The smallest absolute Gasteiger partial charge is 0.130 e. The van der Waals surface area contributed by atoms with Crippen molar-refractivity contribution >= 4 is 43.4 Å². The predicted octanol–water partition coefficient (Wildman–Crippen LogP) is 3.30. The molecule has 1 unspecified atom stereocenters. The number of hydrogen-bond donors (Lipinski definition) is 1. The molecule has 0 amide bonds. The Morgan fingerprint density at radius 1 is 1.50 bits per heavy atom. The molecule has 1 N–H and O–H groups in total. The molecule has 82 valence electrons. The first-order valence-electron chi connectivity index (χ1n) is 4.59. The number of thiophene rings is 1. The summed E-state index contributed by atoms with van der Waals surface area (Å²) in [4.78, 5) is 6.04. The summed E-state index contributed by atoms with van der Waals surface area (Å²) in [6.07, 6.45) is 2.92. The van der Waals surface area contributed by atoms with Crippen molar-refractivity contribution in [2.45, 2.75) is 6.10 Å². The highest BCUT2D eigenvalue weighted by Crippen LogP contribution is 2.36. The van der Waals surface area contributed by atoms with Gasteiger partial charge in [0.15, 0.2) is 0 Å². The molecule has 3 aromatic rings. The van der Waals surface area contributed by atoms with E-state index in [4.69, 9.17) is 0 Å². The van der Waals surface area contributed by atoms with Crippen LogP contribution in [0.3, 0.4) is 0 Å². The van der Waals surface area contributed by atoms with Crippen molar-refractivity contribution in [3.05, 3.63) is 44.4 Å².